The second-order valence-electron chi connectivity index (χ2n) is 5.99. The van der Waals surface area contributed by atoms with Gasteiger partial charge in [0.05, 0.1) is 18.1 Å². The maximum atomic E-state index is 5.46. The Morgan fingerprint density at radius 2 is 1.70 bits per heavy atom. The Morgan fingerprint density at radius 3 is 2.48 bits per heavy atom. The Bertz CT molecular complexity index is 1060. The van der Waals surface area contributed by atoms with E-state index in [4.69, 9.17) is 4.74 Å². The van der Waals surface area contributed by atoms with E-state index in [1.165, 1.54) is 0 Å². The molecule has 0 saturated carbocycles. The third kappa shape index (κ3) is 3.44. The van der Waals surface area contributed by atoms with Gasteiger partial charge in [-0.15, -0.1) is 0 Å². The summed E-state index contributed by atoms with van der Waals surface area (Å²) in [6.45, 7) is 2.65. The van der Waals surface area contributed by atoms with Gasteiger partial charge < -0.3 is 10.1 Å². The molecule has 7 nitrogen and oxygen atoms in total. The summed E-state index contributed by atoms with van der Waals surface area (Å²) in [6.07, 6.45) is 0.699. The molecule has 0 fully saturated rings. The zero-order valence-corrected chi connectivity index (χ0v) is 15.3. The lowest BCUT2D eigenvalue weighted by molar-refractivity contribution is 0.374. The molecule has 4 rings (SSSR count). The monoisotopic (exact) mass is 360 g/mol. The first-order chi connectivity index (χ1) is 13.3. The van der Waals surface area contributed by atoms with E-state index in [1.54, 1.807) is 7.11 Å². The van der Waals surface area contributed by atoms with E-state index in [9.17, 15) is 0 Å². The minimum absolute atomic E-state index is 0.443. The number of rotatable bonds is 6. The van der Waals surface area contributed by atoms with Crippen LogP contribution in [0, 0.1) is 0 Å². The van der Waals surface area contributed by atoms with E-state index >= 15 is 0 Å². The molecule has 0 aliphatic heterocycles. The smallest absolute Gasteiger partial charge is 0.304 e. The van der Waals surface area contributed by atoms with Gasteiger partial charge in [-0.2, -0.15) is 19.9 Å². The summed E-state index contributed by atoms with van der Waals surface area (Å²) >= 11 is 0. The number of hydrogen-bond donors (Lipinski definition) is 1. The highest BCUT2D eigenvalue weighted by Gasteiger charge is 2.16. The van der Waals surface area contributed by atoms with Crippen molar-refractivity contribution in [1.82, 2.24) is 24.5 Å². The van der Waals surface area contributed by atoms with Crippen LogP contribution in [-0.2, 0) is 13.0 Å². The number of ether oxygens (including phenoxy) is 1. The number of aryl methyl sites for hydroxylation is 1. The van der Waals surface area contributed by atoms with Crippen LogP contribution in [0.25, 0.3) is 17.0 Å². The van der Waals surface area contributed by atoms with Crippen LogP contribution in [-0.4, -0.2) is 31.6 Å². The van der Waals surface area contributed by atoms with Gasteiger partial charge in [0.1, 0.15) is 5.82 Å². The van der Waals surface area contributed by atoms with Crippen LogP contribution < -0.4 is 10.1 Å². The van der Waals surface area contributed by atoms with Gasteiger partial charge in [0.15, 0.2) is 0 Å². The Balaban J connectivity index is 1.75. The number of nitrogens with one attached hydrogen (secondary N) is 1. The zero-order valence-electron chi connectivity index (χ0n) is 15.3. The number of benzene rings is 2. The number of nitrogens with zero attached hydrogens (tertiary/aromatic N) is 5. The lowest BCUT2D eigenvalue weighted by Crippen LogP contribution is -2.12. The normalized spacial score (nSPS) is 10.9. The van der Waals surface area contributed by atoms with E-state index in [2.05, 4.69) is 37.4 Å². The Labute approximate surface area is 157 Å². The number of imidazole rings is 1. The fourth-order valence-corrected chi connectivity index (χ4v) is 2.86. The Morgan fingerprint density at radius 1 is 0.926 bits per heavy atom. The van der Waals surface area contributed by atoms with Crippen molar-refractivity contribution < 1.29 is 4.74 Å². The minimum Gasteiger partial charge on any atom is -0.468 e. The quantitative estimate of drug-likeness (QED) is 0.568. The molecule has 0 aliphatic rings. The molecule has 0 aliphatic carbocycles. The average Bonchev–Trinajstić information content (AvgIpc) is 3.11. The molecule has 0 unspecified atom stereocenters. The number of aromatic nitrogens is 5. The molecule has 0 saturated heterocycles. The molecule has 7 heteroatoms. The maximum Gasteiger partial charge on any atom is 0.304 e. The van der Waals surface area contributed by atoms with Crippen LogP contribution >= 0.6 is 0 Å². The Hall–Kier alpha value is -3.48. The molecule has 0 atom stereocenters. The molecule has 2 aromatic carbocycles. The summed E-state index contributed by atoms with van der Waals surface area (Å²) in [4.78, 5) is 18.2. The summed E-state index contributed by atoms with van der Waals surface area (Å²) in [5.74, 6) is 1.72. The molecule has 2 aromatic heterocycles. The topological polar surface area (TPSA) is 77.8 Å². The van der Waals surface area contributed by atoms with Crippen LogP contribution in [0.4, 0.5) is 5.95 Å². The molecule has 2 heterocycles. The van der Waals surface area contributed by atoms with Crippen molar-refractivity contribution in [2.45, 2.75) is 19.9 Å². The van der Waals surface area contributed by atoms with E-state index in [1.807, 2.05) is 54.0 Å². The molecule has 4 aromatic rings. The predicted molar refractivity (Wildman–Crippen MR) is 104 cm³/mol. The third-order valence-corrected chi connectivity index (χ3v) is 4.19. The van der Waals surface area contributed by atoms with Gasteiger partial charge in [-0.05, 0) is 17.7 Å². The predicted octanol–water partition coefficient (Wildman–Crippen LogP) is 3.39. The summed E-state index contributed by atoms with van der Waals surface area (Å²) in [5.41, 5.74) is 2.87. The molecule has 1 N–H and O–H groups in total. The fourth-order valence-electron chi connectivity index (χ4n) is 2.86. The summed E-state index contributed by atoms with van der Waals surface area (Å²) in [7, 11) is 1.59. The number of fused-ring (bicyclic) bond motifs is 1. The molecule has 0 bridgehead atoms. The number of methoxy groups -OCH3 is 1. The second-order valence-corrected chi connectivity index (χ2v) is 5.99. The first-order valence-electron chi connectivity index (χ1n) is 8.83. The van der Waals surface area contributed by atoms with Gasteiger partial charge in [-0.1, -0.05) is 49.4 Å². The first-order valence-corrected chi connectivity index (χ1v) is 8.83. The van der Waals surface area contributed by atoms with Crippen molar-refractivity contribution in [2.75, 3.05) is 12.4 Å². The second kappa shape index (κ2) is 7.41. The molecule has 0 radical (unpaired) electrons. The number of anilines is 1. The molecule has 136 valence electrons. The summed E-state index contributed by atoms with van der Waals surface area (Å²) in [5, 5.41) is 3.29. The van der Waals surface area contributed by atoms with Gasteiger partial charge in [-0.3, -0.25) is 0 Å². The van der Waals surface area contributed by atoms with E-state index in [0.717, 1.165) is 16.6 Å². The van der Waals surface area contributed by atoms with Crippen molar-refractivity contribution in [3.8, 4) is 12.0 Å². The van der Waals surface area contributed by atoms with E-state index in [0.29, 0.717) is 36.7 Å². The van der Waals surface area contributed by atoms with Crippen LogP contribution in [0.1, 0.15) is 18.3 Å². The van der Waals surface area contributed by atoms with Crippen molar-refractivity contribution in [1.29, 1.82) is 0 Å². The lowest BCUT2D eigenvalue weighted by Gasteiger charge is -2.10. The molecule has 0 spiro atoms. The van der Waals surface area contributed by atoms with Gasteiger partial charge >= 0.3 is 6.01 Å². The largest absolute Gasteiger partial charge is 0.468 e. The van der Waals surface area contributed by atoms with Crippen LogP contribution in [0.15, 0.2) is 54.6 Å². The highest BCUT2D eigenvalue weighted by atomic mass is 16.5. The number of hydrogen-bond acceptors (Lipinski definition) is 6. The number of para-hydroxylation sites is 2. The van der Waals surface area contributed by atoms with Crippen molar-refractivity contribution in [2.24, 2.45) is 0 Å². The van der Waals surface area contributed by atoms with Crippen LogP contribution in [0.3, 0.4) is 0 Å². The molecule has 27 heavy (non-hydrogen) atoms. The average molecular weight is 360 g/mol. The van der Waals surface area contributed by atoms with Crippen molar-refractivity contribution in [3.63, 3.8) is 0 Å². The molecular weight excluding hydrogens is 340 g/mol. The zero-order chi connectivity index (χ0) is 18.6. The third-order valence-electron chi connectivity index (χ3n) is 4.19. The van der Waals surface area contributed by atoms with E-state index in [-0.39, 0.29) is 0 Å². The first kappa shape index (κ1) is 17.0. The maximum absolute atomic E-state index is 5.46. The Kier molecular flexibility index (Phi) is 4.65. The molecule has 0 amide bonds. The minimum atomic E-state index is 0.443. The van der Waals surface area contributed by atoms with Gasteiger partial charge in [-0.25, -0.2) is 4.57 Å². The summed E-state index contributed by atoms with van der Waals surface area (Å²) < 4.78 is 7.27. The van der Waals surface area contributed by atoms with Crippen LogP contribution in [0.2, 0.25) is 0 Å². The molecular formula is C20H20N6O. The standard InChI is InChI=1S/C20H20N6O/c1-3-17-23-18(21-13-14-9-5-4-6-10-14)25-19(24-17)26-16-12-8-7-11-15(16)22-20(26)27-2/h4-12H,3,13H2,1-2H3,(H,21,23,24,25). The highest BCUT2D eigenvalue weighted by molar-refractivity contribution is 5.78. The van der Waals surface area contributed by atoms with Gasteiger partial charge in [0.25, 0.3) is 0 Å². The lowest BCUT2D eigenvalue weighted by atomic mass is 10.2. The summed E-state index contributed by atoms with van der Waals surface area (Å²) in [6, 6.07) is 18.4. The SMILES string of the molecule is CCc1nc(NCc2ccccc2)nc(-n2c(OC)nc3ccccc32)n1. The van der Waals surface area contributed by atoms with Gasteiger partial charge in [0.2, 0.25) is 11.9 Å². The van der Waals surface area contributed by atoms with Crippen LogP contribution in [0.5, 0.6) is 6.01 Å². The van der Waals surface area contributed by atoms with E-state index < -0.39 is 0 Å². The highest BCUT2D eigenvalue weighted by Crippen LogP contribution is 2.24. The van der Waals surface area contributed by atoms with Crippen molar-refractivity contribution in [3.05, 3.63) is 66.0 Å². The fraction of sp³-hybridized carbons (Fsp3) is 0.200. The van der Waals surface area contributed by atoms with Crippen molar-refractivity contribution >= 4 is 17.0 Å². The van der Waals surface area contributed by atoms with Gasteiger partial charge in [0, 0.05) is 13.0 Å².